The summed E-state index contributed by atoms with van der Waals surface area (Å²) in [5, 5.41) is 5.36. The van der Waals surface area contributed by atoms with E-state index in [-0.39, 0.29) is 0 Å². The SMILES string of the molecule is C1=NNc2c3c(nc4cccc1c24)\C=C/C=C\C=C/3. The quantitative estimate of drug-likeness (QED) is 0.770. The predicted octanol–water partition coefficient (Wildman–Crippen LogP) is 3.59. The molecule has 19 heavy (non-hydrogen) atoms. The van der Waals surface area contributed by atoms with Gasteiger partial charge in [-0.05, 0) is 12.1 Å². The molecule has 90 valence electrons. The third-order valence-electron chi connectivity index (χ3n) is 3.34. The highest BCUT2D eigenvalue weighted by atomic mass is 15.3. The van der Waals surface area contributed by atoms with E-state index in [9.17, 15) is 0 Å². The fraction of sp³-hybridized carbons (Fsp3) is 0. The molecule has 0 unspecified atom stereocenters. The van der Waals surface area contributed by atoms with Crippen LogP contribution in [-0.2, 0) is 0 Å². The van der Waals surface area contributed by atoms with Gasteiger partial charge < -0.3 is 0 Å². The number of fused-ring (bicyclic) bond motifs is 2. The fourth-order valence-corrected chi connectivity index (χ4v) is 2.49. The summed E-state index contributed by atoms with van der Waals surface area (Å²) in [5.74, 6) is 0. The molecule has 3 nitrogen and oxygen atoms in total. The zero-order valence-electron chi connectivity index (χ0n) is 10.2. The van der Waals surface area contributed by atoms with E-state index in [0.717, 1.165) is 33.4 Å². The van der Waals surface area contributed by atoms with Gasteiger partial charge in [-0.1, -0.05) is 42.5 Å². The number of hydrogen-bond acceptors (Lipinski definition) is 3. The Labute approximate surface area is 110 Å². The van der Waals surface area contributed by atoms with E-state index >= 15 is 0 Å². The van der Waals surface area contributed by atoms with Crippen LogP contribution in [0.2, 0.25) is 0 Å². The lowest BCUT2D eigenvalue weighted by Gasteiger charge is -2.17. The van der Waals surface area contributed by atoms with E-state index in [1.54, 1.807) is 0 Å². The molecule has 1 aliphatic carbocycles. The van der Waals surface area contributed by atoms with Gasteiger partial charge in [-0.3, -0.25) is 5.43 Å². The molecular weight excluding hydrogens is 234 g/mol. The van der Waals surface area contributed by atoms with E-state index in [2.05, 4.69) is 22.7 Å². The minimum Gasteiger partial charge on any atom is -0.277 e. The summed E-state index contributed by atoms with van der Waals surface area (Å²) in [4.78, 5) is 4.75. The lowest BCUT2D eigenvalue weighted by Crippen LogP contribution is -2.05. The van der Waals surface area contributed by atoms with Crippen LogP contribution in [0.1, 0.15) is 16.8 Å². The Hall–Kier alpha value is -2.68. The fourth-order valence-electron chi connectivity index (χ4n) is 2.49. The van der Waals surface area contributed by atoms with E-state index in [1.165, 1.54) is 0 Å². The van der Waals surface area contributed by atoms with Gasteiger partial charge in [-0.25, -0.2) is 4.98 Å². The molecule has 2 heterocycles. The number of rotatable bonds is 0. The summed E-state index contributed by atoms with van der Waals surface area (Å²) in [6.07, 6.45) is 14.0. The second-order valence-corrected chi connectivity index (χ2v) is 4.50. The number of aromatic nitrogens is 1. The Balaban J connectivity index is 2.16. The largest absolute Gasteiger partial charge is 0.277 e. The number of hydrazone groups is 1. The van der Waals surface area contributed by atoms with E-state index in [4.69, 9.17) is 4.98 Å². The van der Waals surface area contributed by atoms with Gasteiger partial charge in [0.05, 0.1) is 23.1 Å². The Morgan fingerprint density at radius 1 is 0.947 bits per heavy atom. The minimum atomic E-state index is 0.963. The van der Waals surface area contributed by atoms with Gasteiger partial charge in [0.1, 0.15) is 0 Å². The van der Waals surface area contributed by atoms with Gasteiger partial charge in [0, 0.05) is 16.5 Å². The Morgan fingerprint density at radius 2 is 1.84 bits per heavy atom. The molecule has 0 atom stereocenters. The third-order valence-corrected chi connectivity index (χ3v) is 3.34. The van der Waals surface area contributed by atoms with Crippen molar-refractivity contribution in [2.45, 2.75) is 0 Å². The number of benzene rings is 1. The maximum atomic E-state index is 4.75. The van der Waals surface area contributed by atoms with Crippen LogP contribution in [0.4, 0.5) is 5.69 Å². The summed E-state index contributed by atoms with van der Waals surface area (Å²) in [6, 6.07) is 6.11. The van der Waals surface area contributed by atoms with Gasteiger partial charge >= 0.3 is 0 Å². The van der Waals surface area contributed by atoms with Crippen molar-refractivity contribution in [1.29, 1.82) is 0 Å². The molecule has 0 spiro atoms. The highest BCUT2D eigenvalue weighted by Gasteiger charge is 2.16. The van der Waals surface area contributed by atoms with E-state index < -0.39 is 0 Å². The number of pyridine rings is 1. The van der Waals surface area contributed by atoms with Gasteiger partial charge in [-0.15, -0.1) is 0 Å². The van der Waals surface area contributed by atoms with E-state index in [0.29, 0.717) is 0 Å². The topological polar surface area (TPSA) is 37.3 Å². The first-order valence-electron chi connectivity index (χ1n) is 6.21. The van der Waals surface area contributed by atoms with Crippen LogP contribution in [0.3, 0.4) is 0 Å². The number of nitrogens with zero attached hydrogens (tertiary/aromatic N) is 2. The summed E-state index contributed by atoms with van der Waals surface area (Å²) in [5.41, 5.74) is 8.30. The second-order valence-electron chi connectivity index (χ2n) is 4.50. The zero-order chi connectivity index (χ0) is 12.7. The number of nitrogens with one attached hydrogen (secondary N) is 1. The van der Waals surface area contributed by atoms with Crippen molar-refractivity contribution in [3.05, 3.63) is 59.3 Å². The molecule has 0 saturated heterocycles. The van der Waals surface area contributed by atoms with Gasteiger partial charge in [0.25, 0.3) is 0 Å². The maximum absolute atomic E-state index is 4.75. The maximum Gasteiger partial charge on any atom is 0.0756 e. The lowest BCUT2D eigenvalue weighted by molar-refractivity contribution is 1.29. The molecule has 1 aromatic carbocycles. The molecule has 2 aliphatic rings. The molecule has 0 saturated carbocycles. The van der Waals surface area contributed by atoms with Crippen molar-refractivity contribution in [3.63, 3.8) is 0 Å². The Morgan fingerprint density at radius 3 is 2.79 bits per heavy atom. The number of anilines is 1. The van der Waals surface area contributed by atoms with Crippen molar-refractivity contribution < 1.29 is 0 Å². The molecule has 3 heteroatoms. The summed E-state index contributed by atoms with van der Waals surface area (Å²) in [6.45, 7) is 0. The molecule has 1 aliphatic heterocycles. The van der Waals surface area contributed by atoms with Crippen molar-refractivity contribution in [1.82, 2.24) is 4.98 Å². The number of hydrogen-bond donors (Lipinski definition) is 1. The smallest absolute Gasteiger partial charge is 0.0756 e. The summed E-state index contributed by atoms with van der Waals surface area (Å²) < 4.78 is 0. The molecule has 0 amide bonds. The van der Waals surface area contributed by atoms with Crippen LogP contribution in [0.25, 0.3) is 23.1 Å². The van der Waals surface area contributed by atoms with Gasteiger partial charge in [-0.2, -0.15) is 5.10 Å². The van der Waals surface area contributed by atoms with E-state index in [1.807, 2.05) is 48.7 Å². The van der Waals surface area contributed by atoms with Crippen molar-refractivity contribution in [2.24, 2.45) is 5.10 Å². The van der Waals surface area contributed by atoms with Crippen LogP contribution in [0.15, 0.2) is 47.6 Å². The molecule has 4 rings (SSSR count). The normalized spacial score (nSPS) is 20.0. The first-order valence-corrected chi connectivity index (χ1v) is 6.21. The molecule has 0 bridgehead atoms. The van der Waals surface area contributed by atoms with Crippen molar-refractivity contribution in [3.8, 4) is 0 Å². The van der Waals surface area contributed by atoms with Crippen LogP contribution in [0.5, 0.6) is 0 Å². The van der Waals surface area contributed by atoms with Crippen LogP contribution >= 0.6 is 0 Å². The first kappa shape index (κ1) is 10.3. The second kappa shape index (κ2) is 3.92. The molecule has 1 aromatic heterocycles. The van der Waals surface area contributed by atoms with Crippen LogP contribution in [0, 0.1) is 0 Å². The molecule has 1 N–H and O–H groups in total. The summed E-state index contributed by atoms with van der Waals surface area (Å²) in [7, 11) is 0. The average molecular weight is 245 g/mol. The minimum absolute atomic E-state index is 0.963. The molecular formula is C16H11N3. The molecule has 2 aromatic rings. The first-order chi connectivity index (χ1) is 9.43. The molecule has 0 fully saturated rings. The van der Waals surface area contributed by atoms with Crippen LogP contribution < -0.4 is 5.43 Å². The van der Waals surface area contributed by atoms with Gasteiger partial charge in [0.2, 0.25) is 0 Å². The highest BCUT2D eigenvalue weighted by Crippen LogP contribution is 2.34. The predicted molar refractivity (Wildman–Crippen MR) is 80.2 cm³/mol. The number of allylic oxidation sites excluding steroid dienone is 4. The summed E-state index contributed by atoms with van der Waals surface area (Å²) >= 11 is 0. The Bertz CT molecular complexity index is 795. The Kier molecular flexibility index (Phi) is 2.12. The third kappa shape index (κ3) is 1.52. The van der Waals surface area contributed by atoms with Crippen LogP contribution in [-0.4, -0.2) is 11.2 Å². The monoisotopic (exact) mass is 245 g/mol. The average Bonchev–Trinajstić information content (AvgIpc) is 2.41. The molecule has 0 radical (unpaired) electrons. The standard InChI is InChI=1S/C16H11N3/c1-2-4-8-13-12(7-3-1)16-15-11(10-17-19-16)6-5-9-14(15)18-13/h1-10,19H/b2-1-,3-1?,4-2?,7-3-,8-4-,12-7?,13-8?. The highest BCUT2D eigenvalue weighted by molar-refractivity contribution is 6.09. The lowest BCUT2D eigenvalue weighted by atomic mass is 10.00. The van der Waals surface area contributed by atoms with Crippen molar-refractivity contribution in [2.75, 3.05) is 5.43 Å². The zero-order valence-corrected chi connectivity index (χ0v) is 10.2. The van der Waals surface area contributed by atoms with Crippen molar-refractivity contribution >= 4 is 35.0 Å². The van der Waals surface area contributed by atoms with Gasteiger partial charge in [0.15, 0.2) is 0 Å².